The van der Waals surface area contributed by atoms with Crippen LogP contribution in [0.15, 0.2) is 11.3 Å². The van der Waals surface area contributed by atoms with Gasteiger partial charge in [0.2, 0.25) is 0 Å². The summed E-state index contributed by atoms with van der Waals surface area (Å²) in [6.45, 7) is 4.19. The van der Waals surface area contributed by atoms with Crippen molar-refractivity contribution in [1.29, 1.82) is 0 Å². The van der Waals surface area contributed by atoms with Crippen LogP contribution < -0.4 is 11.1 Å². The Bertz CT molecular complexity index is 142. The summed E-state index contributed by atoms with van der Waals surface area (Å²) in [6.07, 6.45) is 0. The van der Waals surface area contributed by atoms with Crippen LogP contribution in [-0.2, 0) is 0 Å². The molecule has 1 rings (SSSR count). The summed E-state index contributed by atoms with van der Waals surface area (Å²) in [5.41, 5.74) is 8.35. The summed E-state index contributed by atoms with van der Waals surface area (Å²) in [4.78, 5) is 0. The van der Waals surface area contributed by atoms with Crippen molar-refractivity contribution in [3.05, 3.63) is 11.3 Å². The van der Waals surface area contributed by atoms with Gasteiger partial charge in [-0.2, -0.15) is 0 Å². The molecule has 1 atom stereocenters. The molecule has 0 spiro atoms. The minimum atomic E-state index is 0.105. The van der Waals surface area contributed by atoms with Gasteiger partial charge in [-0.05, 0) is 19.4 Å². The van der Waals surface area contributed by atoms with E-state index in [-0.39, 0.29) is 5.50 Å². The largest absolute Gasteiger partial charge is 0.365 e. The summed E-state index contributed by atoms with van der Waals surface area (Å²) >= 11 is 1.74. The number of hydrogen-bond donors (Lipinski definition) is 2. The number of nitrogens with one attached hydrogen (secondary N) is 1. The first-order valence-corrected chi connectivity index (χ1v) is 4.05. The molecule has 0 amide bonds. The molecule has 3 N–H and O–H groups in total. The third-order valence-electron chi connectivity index (χ3n) is 1.48. The first kappa shape index (κ1) is 6.96. The van der Waals surface area contributed by atoms with E-state index in [9.17, 15) is 0 Å². The van der Waals surface area contributed by atoms with Crippen LogP contribution in [0.5, 0.6) is 0 Å². The van der Waals surface area contributed by atoms with Crippen molar-refractivity contribution in [3.8, 4) is 0 Å². The molecule has 1 heterocycles. The Morgan fingerprint density at radius 3 is 2.78 bits per heavy atom. The van der Waals surface area contributed by atoms with Gasteiger partial charge >= 0.3 is 0 Å². The van der Waals surface area contributed by atoms with Gasteiger partial charge in [0.05, 0.1) is 0 Å². The smallest absolute Gasteiger partial charge is 0.123 e. The summed E-state index contributed by atoms with van der Waals surface area (Å²) in [6, 6.07) is 0. The fourth-order valence-corrected chi connectivity index (χ4v) is 1.61. The molecule has 0 aliphatic carbocycles. The summed E-state index contributed by atoms with van der Waals surface area (Å²) < 4.78 is 0. The fourth-order valence-electron chi connectivity index (χ4n) is 0.701. The van der Waals surface area contributed by atoms with Crippen LogP contribution >= 0.6 is 11.8 Å². The van der Waals surface area contributed by atoms with Crippen LogP contribution in [0.1, 0.15) is 13.8 Å². The van der Waals surface area contributed by atoms with Crippen molar-refractivity contribution in [3.63, 3.8) is 0 Å². The third-order valence-corrected chi connectivity index (χ3v) is 2.55. The lowest BCUT2D eigenvalue weighted by atomic mass is 10.3. The van der Waals surface area contributed by atoms with Gasteiger partial charge in [0.25, 0.3) is 0 Å². The summed E-state index contributed by atoms with van der Waals surface area (Å²) in [7, 11) is 0. The predicted molar refractivity (Wildman–Crippen MR) is 41.9 cm³/mol. The number of allylic oxidation sites excluding steroid dienone is 1. The minimum absolute atomic E-state index is 0.105. The molecule has 0 bridgehead atoms. The number of rotatable bonds is 0. The average Bonchev–Trinajstić information content (AvgIpc) is 1.80. The van der Waals surface area contributed by atoms with E-state index in [1.165, 1.54) is 11.3 Å². The molecule has 3 heteroatoms. The van der Waals surface area contributed by atoms with Gasteiger partial charge in [0, 0.05) is 11.4 Å². The molecule has 0 aromatic carbocycles. The van der Waals surface area contributed by atoms with Crippen LogP contribution in [0.2, 0.25) is 0 Å². The Morgan fingerprint density at radius 1 is 1.67 bits per heavy atom. The topological polar surface area (TPSA) is 38.0 Å². The van der Waals surface area contributed by atoms with Gasteiger partial charge in [-0.25, -0.2) is 0 Å². The Morgan fingerprint density at radius 2 is 2.33 bits per heavy atom. The van der Waals surface area contributed by atoms with Gasteiger partial charge in [-0.3, -0.25) is 0 Å². The van der Waals surface area contributed by atoms with Gasteiger partial charge in [0.1, 0.15) is 5.50 Å². The molecule has 2 nitrogen and oxygen atoms in total. The molecule has 52 valence electrons. The zero-order valence-electron chi connectivity index (χ0n) is 5.77. The molecular formula is C6H12N2S. The van der Waals surface area contributed by atoms with Crippen molar-refractivity contribution < 1.29 is 0 Å². The van der Waals surface area contributed by atoms with Crippen LogP contribution in [0.25, 0.3) is 0 Å². The van der Waals surface area contributed by atoms with Crippen LogP contribution in [-0.4, -0.2) is 11.3 Å². The lowest BCUT2D eigenvalue weighted by Gasteiger charge is -2.22. The zero-order chi connectivity index (χ0) is 6.85. The lowest BCUT2D eigenvalue weighted by Crippen LogP contribution is -2.36. The highest BCUT2D eigenvalue weighted by Crippen LogP contribution is 2.17. The molecule has 0 saturated heterocycles. The summed E-state index contributed by atoms with van der Waals surface area (Å²) in [5.74, 6) is 1.07. The Hall–Kier alpha value is -0.150. The second-order valence-corrected chi connectivity index (χ2v) is 3.41. The van der Waals surface area contributed by atoms with E-state index in [0.29, 0.717) is 0 Å². The number of hydrogen-bond acceptors (Lipinski definition) is 3. The van der Waals surface area contributed by atoms with Crippen LogP contribution in [0.4, 0.5) is 0 Å². The normalized spacial score (nSPS) is 28.1. The number of thioether (sulfide) groups is 1. The minimum Gasteiger partial charge on any atom is -0.365 e. The van der Waals surface area contributed by atoms with Crippen molar-refractivity contribution in [2.24, 2.45) is 5.73 Å². The lowest BCUT2D eigenvalue weighted by molar-refractivity contribution is 0.751. The van der Waals surface area contributed by atoms with Crippen molar-refractivity contribution in [2.75, 3.05) is 5.75 Å². The second-order valence-electron chi connectivity index (χ2n) is 2.28. The molecule has 0 aromatic heterocycles. The number of nitrogens with two attached hydrogens (primary N) is 1. The maximum Gasteiger partial charge on any atom is 0.123 e. The maximum atomic E-state index is 5.61. The zero-order valence-corrected chi connectivity index (χ0v) is 6.59. The van der Waals surface area contributed by atoms with Gasteiger partial charge < -0.3 is 11.1 Å². The highest BCUT2D eigenvalue weighted by molar-refractivity contribution is 8.00. The van der Waals surface area contributed by atoms with E-state index in [1.807, 2.05) is 0 Å². The molecule has 1 unspecified atom stereocenters. The SMILES string of the molecule is CC1=C(C)NC(N)SC1. The quantitative estimate of drug-likeness (QED) is 0.529. The Balaban J connectivity index is 2.61. The van der Waals surface area contributed by atoms with E-state index in [4.69, 9.17) is 5.73 Å². The predicted octanol–water partition coefficient (Wildman–Crippen LogP) is 0.859. The highest BCUT2D eigenvalue weighted by Gasteiger charge is 2.10. The first-order chi connectivity index (χ1) is 4.20. The van der Waals surface area contributed by atoms with Gasteiger partial charge in [-0.15, -0.1) is 11.8 Å². The van der Waals surface area contributed by atoms with E-state index >= 15 is 0 Å². The first-order valence-electron chi connectivity index (χ1n) is 3.00. The standard InChI is InChI=1S/C6H12N2S/c1-4-3-9-6(7)8-5(4)2/h6,8H,3,7H2,1-2H3. The second kappa shape index (κ2) is 2.62. The Labute approximate surface area is 59.9 Å². The van der Waals surface area contributed by atoms with Crippen molar-refractivity contribution in [2.45, 2.75) is 19.3 Å². The molecule has 1 aliphatic heterocycles. The Kier molecular flexibility index (Phi) is 2.03. The van der Waals surface area contributed by atoms with E-state index in [2.05, 4.69) is 19.2 Å². The van der Waals surface area contributed by atoms with Gasteiger partial charge in [-0.1, -0.05) is 0 Å². The fraction of sp³-hybridized carbons (Fsp3) is 0.667. The van der Waals surface area contributed by atoms with Crippen molar-refractivity contribution >= 4 is 11.8 Å². The molecule has 0 aromatic rings. The third kappa shape index (κ3) is 1.63. The molecule has 0 radical (unpaired) electrons. The molecule has 0 saturated carbocycles. The summed E-state index contributed by atoms with van der Waals surface area (Å²) in [5, 5.41) is 3.15. The maximum absolute atomic E-state index is 5.61. The van der Waals surface area contributed by atoms with Crippen LogP contribution in [0, 0.1) is 0 Å². The highest BCUT2D eigenvalue weighted by atomic mass is 32.2. The molecule has 9 heavy (non-hydrogen) atoms. The average molecular weight is 144 g/mol. The monoisotopic (exact) mass is 144 g/mol. The molecule has 0 fully saturated rings. The van der Waals surface area contributed by atoms with E-state index < -0.39 is 0 Å². The van der Waals surface area contributed by atoms with E-state index in [1.54, 1.807) is 11.8 Å². The molecular weight excluding hydrogens is 132 g/mol. The molecule has 1 aliphatic rings. The van der Waals surface area contributed by atoms with Crippen LogP contribution in [0.3, 0.4) is 0 Å². The van der Waals surface area contributed by atoms with Crippen molar-refractivity contribution in [1.82, 2.24) is 5.32 Å². The van der Waals surface area contributed by atoms with E-state index in [0.717, 1.165) is 5.75 Å². The van der Waals surface area contributed by atoms with Gasteiger partial charge in [0.15, 0.2) is 0 Å².